The van der Waals surface area contributed by atoms with Crippen LogP contribution in [0.2, 0.25) is 0 Å². The standard InChI is InChI=1S/C18H13N3O2/c22-17-12-5-1-2-6-13(12)18(23)21(17)11-20-16-9-3-8-15-14(16)7-4-10-19-15/h1-10,20H,11H2. The first-order valence-electron chi connectivity index (χ1n) is 7.28. The average molecular weight is 303 g/mol. The molecule has 0 saturated heterocycles. The van der Waals surface area contributed by atoms with E-state index in [-0.39, 0.29) is 18.5 Å². The van der Waals surface area contributed by atoms with Crippen molar-refractivity contribution in [3.05, 3.63) is 71.9 Å². The van der Waals surface area contributed by atoms with Crippen LogP contribution in [-0.2, 0) is 0 Å². The van der Waals surface area contributed by atoms with E-state index in [0.29, 0.717) is 11.1 Å². The Balaban J connectivity index is 1.60. The Hall–Kier alpha value is -3.21. The third kappa shape index (κ3) is 2.14. The van der Waals surface area contributed by atoms with Crippen LogP contribution in [0.4, 0.5) is 5.69 Å². The lowest BCUT2D eigenvalue weighted by atomic mass is 10.1. The lowest BCUT2D eigenvalue weighted by Crippen LogP contribution is -2.34. The van der Waals surface area contributed by atoms with Gasteiger partial charge in [-0.2, -0.15) is 0 Å². The first-order chi connectivity index (χ1) is 11.3. The van der Waals surface area contributed by atoms with Crippen LogP contribution in [0.1, 0.15) is 20.7 Å². The predicted octanol–water partition coefficient (Wildman–Crippen LogP) is 2.90. The number of nitrogens with one attached hydrogen (secondary N) is 1. The smallest absolute Gasteiger partial charge is 0.263 e. The highest BCUT2D eigenvalue weighted by Crippen LogP contribution is 2.24. The molecule has 0 bridgehead atoms. The molecule has 0 saturated carbocycles. The second-order valence-corrected chi connectivity index (χ2v) is 5.29. The Morgan fingerprint density at radius 1 is 0.870 bits per heavy atom. The molecule has 2 aromatic carbocycles. The minimum absolute atomic E-state index is 0.125. The number of nitrogens with zero attached hydrogens (tertiary/aromatic N) is 2. The Labute approximate surface area is 132 Å². The van der Waals surface area contributed by atoms with Crippen molar-refractivity contribution in [2.24, 2.45) is 0 Å². The van der Waals surface area contributed by atoms with Gasteiger partial charge in [0.05, 0.1) is 23.3 Å². The minimum Gasteiger partial charge on any atom is -0.367 e. The van der Waals surface area contributed by atoms with E-state index < -0.39 is 0 Å². The molecule has 0 fully saturated rings. The molecule has 5 heteroatoms. The molecule has 5 nitrogen and oxygen atoms in total. The van der Waals surface area contributed by atoms with Gasteiger partial charge in [0, 0.05) is 17.3 Å². The fourth-order valence-corrected chi connectivity index (χ4v) is 2.80. The number of hydrogen-bond acceptors (Lipinski definition) is 4. The zero-order valence-electron chi connectivity index (χ0n) is 12.2. The maximum Gasteiger partial charge on any atom is 0.263 e. The number of pyridine rings is 1. The third-order valence-corrected chi connectivity index (χ3v) is 3.95. The number of benzene rings is 2. The molecule has 1 aliphatic heterocycles. The van der Waals surface area contributed by atoms with E-state index in [0.717, 1.165) is 16.6 Å². The highest BCUT2D eigenvalue weighted by Gasteiger charge is 2.34. The van der Waals surface area contributed by atoms with E-state index in [9.17, 15) is 9.59 Å². The number of imide groups is 1. The Morgan fingerprint density at radius 2 is 1.61 bits per heavy atom. The van der Waals surface area contributed by atoms with Gasteiger partial charge in [0.15, 0.2) is 0 Å². The quantitative estimate of drug-likeness (QED) is 0.756. The average Bonchev–Trinajstić information content (AvgIpc) is 2.84. The number of aromatic nitrogens is 1. The number of carbonyl (C=O) groups excluding carboxylic acids is 2. The summed E-state index contributed by atoms with van der Waals surface area (Å²) < 4.78 is 0. The summed E-state index contributed by atoms with van der Waals surface area (Å²) in [5, 5.41) is 4.12. The molecule has 112 valence electrons. The summed E-state index contributed by atoms with van der Waals surface area (Å²) >= 11 is 0. The first-order valence-corrected chi connectivity index (χ1v) is 7.28. The van der Waals surface area contributed by atoms with Crippen molar-refractivity contribution in [1.82, 2.24) is 9.88 Å². The molecule has 0 atom stereocenters. The summed E-state index contributed by atoms with van der Waals surface area (Å²) in [4.78, 5) is 30.2. The number of carbonyl (C=O) groups is 2. The Morgan fingerprint density at radius 3 is 2.35 bits per heavy atom. The Kier molecular flexibility index (Phi) is 3.05. The summed E-state index contributed by atoms with van der Waals surface area (Å²) in [5.74, 6) is -0.534. The van der Waals surface area contributed by atoms with E-state index in [1.165, 1.54) is 4.90 Å². The van der Waals surface area contributed by atoms with Gasteiger partial charge in [-0.3, -0.25) is 19.5 Å². The molecule has 0 unspecified atom stereocenters. The van der Waals surface area contributed by atoms with Gasteiger partial charge in [0.25, 0.3) is 11.8 Å². The van der Waals surface area contributed by atoms with Crippen LogP contribution >= 0.6 is 0 Å². The molecule has 0 radical (unpaired) electrons. The van der Waals surface area contributed by atoms with E-state index >= 15 is 0 Å². The highest BCUT2D eigenvalue weighted by atomic mass is 16.2. The zero-order valence-corrected chi connectivity index (χ0v) is 12.2. The van der Waals surface area contributed by atoms with Crippen LogP contribution in [0, 0.1) is 0 Å². The SMILES string of the molecule is O=C1c2ccccc2C(=O)N1CNc1cccc2ncccc12. The van der Waals surface area contributed by atoms with Gasteiger partial charge in [0.2, 0.25) is 0 Å². The Bertz CT molecular complexity index is 896. The van der Waals surface area contributed by atoms with Gasteiger partial charge >= 0.3 is 0 Å². The van der Waals surface area contributed by atoms with Crippen molar-refractivity contribution >= 4 is 28.4 Å². The van der Waals surface area contributed by atoms with E-state index in [4.69, 9.17) is 0 Å². The third-order valence-electron chi connectivity index (χ3n) is 3.95. The van der Waals surface area contributed by atoms with Crippen molar-refractivity contribution in [1.29, 1.82) is 0 Å². The molecule has 2 heterocycles. The maximum absolute atomic E-state index is 12.3. The van der Waals surface area contributed by atoms with Crippen LogP contribution in [0.15, 0.2) is 60.8 Å². The lowest BCUT2D eigenvalue weighted by molar-refractivity contribution is 0.0666. The summed E-state index contributed by atoms with van der Waals surface area (Å²) in [5.41, 5.74) is 2.62. The minimum atomic E-state index is -0.267. The second-order valence-electron chi connectivity index (χ2n) is 5.29. The van der Waals surface area contributed by atoms with Gasteiger partial charge in [-0.15, -0.1) is 0 Å². The fraction of sp³-hybridized carbons (Fsp3) is 0.0556. The molecule has 1 aromatic heterocycles. The lowest BCUT2D eigenvalue weighted by Gasteiger charge is -2.16. The summed E-state index contributed by atoms with van der Waals surface area (Å²) in [6.45, 7) is 0.125. The van der Waals surface area contributed by atoms with Crippen molar-refractivity contribution in [3.8, 4) is 0 Å². The van der Waals surface area contributed by atoms with E-state index in [1.54, 1.807) is 30.5 Å². The monoisotopic (exact) mass is 303 g/mol. The molecule has 1 N–H and O–H groups in total. The van der Waals surface area contributed by atoms with Crippen molar-refractivity contribution in [2.75, 3.05) is 12.0 Å². The molecule has 2 amide bonds. The molecule has 0 spiro atoms. The largest absolute Gasteiger partial charge is 0.367 e. The molecule has 23 heavy (non-hydrogen) atoms. The number of fused-ring (bicyclic) bond motifs is 2. The van der Waals surface area contributed by atoms with Crippen molar-refractivity contribution in [3.63, 3.8) is 0 Å². The molecule has 1 aliphatic rings. The van der Waals surface area contributed by atoms with E-state index in [2.05, 4.69) is 10.3 Å². The molecular weight excluding hydrogens is 290 g/mol. The molecule has 0 aliphatic carbocycles. The number of amides is 2. The van der Waals surface area contributed by atoms with Crippen LogP contribution in [-0.4, -0.2) is 28.4 Å². The van der Waals surface area contributed by atoms with Crippen molar-refractivity contribution in [2.45, 2.75) is 0 Å². The van der Waals surface area contributed by atoms with Gasteiger partial charge in [-0.25, -0.2) is 0 Å². The first kappa shape index (κ1) is 13.5. The molecule has 3 aromatic rings. The van der Waals surface area contributed by atoms with Crippen LogP contribution in [0.25, 0.3) is 10.9 Å². The number of anilines is 1. The fourth-order valence-electron chi connectivity index (χ4n) is 2.80. The van der Waals surface area contributed by atoms with Crippen LogP contribution in [0.3, 0.4) is 0 Å². The number of rotatable bonds is 3. The van der Waals surface area contributed by atoms with Gasteiger partial charge in [-0.1, -0.05) is 18.2 Å². The van der Waals surface area contributed by atoms with Gasteiger partial charge in [0.1, 0.15) is 0 Å². The second kappa shape index (κ2) is 5.21. The zero-order chi connectivity index (χ0) is 15.8. The van der Waals surface area contributed by atoms with Crippen molar-refractivity contribution < 1.29 is 9.59 Å². The summed E-state index contributed by atoms with van der Waals surface area (Å²) in [6, 6.07) is 16.4. The van der Waals surface area contributed by atoms with Crippen LogP contribution in [0.5, 0.6) is 0 Å². The predicted molar refractivity (Wildman–Crippen MR) is 87.2 cm³/mol. The summed E-state index contributed by atoms with van der Waals surface area (Å²) in [6.07, 6.45) is 1.73. The van der Waals surface area contributed by atoms with E-state index in [1.807, 2.05) is 30.3 Å². The van der Waals surface area contributed by atoms with Gasteiger partial charge < -0.3 is 5.32 Å². The topological polar surface area (TPSA) is 62.3 Å². The molecular formula is C18H13N3O2. The van der Waals surface area contributed by atoms with Crippen LogP contribution < -0.4 is 5.32 Å². The maximum atomic E-state index is 12.3. The number of hydrogen-bond donors (Lipinski definition) is 1. The summed E-state index contributed by atoms with van der Waals surface area (Å²) in [7, 11) is 0. The normalized spacial score (nSPS) is 13.5. The molecule has 4 rings (SSSR count). The van der Waals surface area contributed by atoms with Gasteiger partial charge in [-0.05, 0) is 36.4 Å². The highest BCUT2D eigenvalue weighted by molar-refractivity contribution is 6.21.